The van der Waals surface area contributed by atoms with E-state index < -0.39 is 0 Å². The molecule has 0 saturated heterocycles. The number of rotatable bonds is 1. The fraction of sp³-hybridized carbons (Fsp3) is 0.200. The third-order valence-corrected chi connectivity index (χ3v) is 2.55. The summed E-state index contributed by atoms with van der Waals surface area (Å²) in [7, 11) is 1.72. The van der Waals surface area contributed by atoms with Crippen LogP contribution < -0.4 is 21.3 Å². The van der Waals surface area contributed by atoms with Crippen LogP contribution in [0.25, 0.3) is 0 Å². The first-order valence-corrected chi connectivity index (χ1v) is 5.19. The molecule has 4 N–H and O–H groups in total. The Balaban J connectivity index is 2.36. The van der Waals surface area contributed by atoms with Gasteiger partial charge in [0.25, 0.3) is 0 Å². The van der Waals surface area contributed by atoms with Crippen molar-refractivity contribution in [3.63, 3.8) is 0 Å². The van der Waals surface area contributed by atoms with Gasteiger partial charge in [-0.3, -0.25) is 4.90 Å². The molecule has 0 saturated carbocycles. The summed E-state index contributed by atoms with van der Waals surface area (Å²) in [4.78, 5) is 13.0. The maximum atomic E-state index is 11.4. The van der Waals surface area contributed by atoms with Gasteiger partial charge in [0.05, 0.1) is 5.69 Å². The van der Waals surface area contributed by atoms with Gasteiger partial charge in [0, 0.05) is 19.3 Å². The molecule has 2 rings (SSSR count). The fourth-order valence-corrected chi connectivity index (χ4v) is 1.76. The Morgan fingerprint density at radius 3 is 3.06 bits per heavy atom. The average molecular weight is 236 g/mol. The van der Waals surface area contributed by atoms with E-state index in [0.29, 0.717) is 6.54 Å². The molecule has 0 bridgehead atoms. The number of benzene rings is 1. The number of urea groups is 1. The van der Waals surface area contributed by atoms with Crippen LogP contribution in [-0.4, -0.2) is 18.2 Å². The second-order valence-corrected chi connectivity index (χ2v) is 3.99. The maximum absolute atomic E-state index is 11.4. The van der Waals surface area contributed by atoms with Gasteiger partial charge in [-0.25, -0.2) is 4.79 Å². The Kier molecular flexibility index (Phi) is 2.66. The molecule has 84 valence electrons. The minimum atomic E-state index is -0.111. The monoisotopic (exact) mass is 236 g/mol. The number of anilines is 2. The smallest absolute Gasteiger partial charge is 0.321 e. The molecular weight excluding hydrogens is 224 g/mol. The highest BCUT2D eigenvalue weighted by Crippen LogP contribution is 2.26. The molecule has 1 aliphatic rings. The lowest BCUT2D eigenvalue weighted by molar-refractivity contribution is 0.246. The van der Waals surface area contributed by atoms with E-state index in [-0.39, 0.29) is 11.1 Å². The normalized spacial score (nSPS) is 14.1. The van der Waals surface area contributed by atoms with Crippen LogP contribution in [0.15, 0.2) is 18.2 Å². The summed E-state index contributed by atoms with van der Waals surface area (Å²) in [5, 5.41) is 5.82. The van der Waals surface area contributed by atoms with Gasteiger partial charge >= 0.3 is 6.03 Å². The maximum Gasteiger partial charge on any atom is 0.321 e. The van der Waals surface area contributed by atoms with E-state index in [9.17, 15) is 4.79 Å². The van der Waals surface area contributed by atoms with Gasteiger partial charge in [-0.2, -0.15) is 0 Å². The minimum Gasteiger partial charge on any atom is -0.376 e. The van der Waals surface area contributed by atoms with Crippen molar-refractivity contribution in [3.8, 4) is 0 Å². The summed E-state index contributed by atoms with van der Waals surface area (Å²) in [5.74, 6) is 0. The Labute approximate surface area is 98.6 Å². The number of fused-ring (bicyclic) bond motifs is 1. The van der Waals surface area contributed by atoms with Gasteiger partial charge in [0.15, 0.2) is 5.11 Å². The second-order valence-electron chi connectivity index (χ2n) is 3.55. The van der Waals surface area contributed by atoms with E-state index in [1.165, 1.54) is 0 Å². The SMILES string of the molecule is CN1C(=O)NCc2ccc(NC(N)=S)cc21. The number of hydrogen-bond donors (Lipinski definition) is 3. The lowest BCUT2D eigenvalue weighted by Crippen LogP contribution is -2.41. The second kappa shape index (κ2) is 3.97. The standard InChI is InChI=1S/C10H12N4OS/c1-14-8-4-7(13-9(11)16)3-2-6(8)5-12-10(14)15/h2-4H,5H2,1H3,(H,12,15)(H3,11,13,16). The van der Waals surface area contributed by atoms with Crippen LogP contribution in [-0.2, 0) is 6.54 Å². The molecule has 1 aromatic carbocycles. The van der Waals surface area contributed by atoms with Crippen molar-refractivity contribution in [2.75, 3.05) is 17.3 Å². The van der Waals surface area contributed by atoms with Crippen molar-refractivity contribution < 1.29 is 4.79 Å². The molecular formula is C10H12N4OS. The van der Waals surface area contributed by atoms with Crippen LogP contribution >= 0.6 is 12.2 Å². The summed E-state index contributed by atoms with van der Waals surface area (Å²) >= 11 is 4.76. The highest BCUT2D eigenvalue weighted by Gasteiger charge is 2.20. The van der Waals surface area contributed by atoms with E-state index in [4.69, 9.17) is 18.0 Å². The summed E-state index contributed by atoms with van der Waals surface area (Å²) in [6, 6.07) is 5.56. The van der Waals surface area contributed by atoms with Gasteiger partial charge in [0.1, 0.15) is 0 Å². The van der Waals surface area contributed by atoms with Crippen molar-refractivity contribution in [2.24, 2.45) is 5.73 Å². The Morgan fingerprint density at radius 1 is 1.62 bits per heavy atom. The Morgan fingerprint density at radius 2 is 2.38 bits per heavy atom. The summed E-state index contributed by atoms with van der Waals surface area (Å²) < 4.78 is 0. The molecule has 0 fully saturated rings. The lowest BCUT2D eigenvalue weighted by Gasteiger charge is -2.27. The van der Waals surface area contributed by atoms with Crippen molar-refractivity contribution in [2.45, 2.75) is 6.54 Å². The van der Waals surface area contributed by atoms with Gasteiger partial charge in [-0.05, 0) is 29.9 Å². The summed E-state index contributed by atoms with van der Waals surface area (Å²) in [6.45, 7) is 0.547. The third kappa shape index (κ3) is 1.92. The number of hydrogen-bond acceptors (Lipinski definition) is 2. The van der Waals surface area contributed by atoms with Crippen molar-refractivity contribution in [1.82, 2.24) is 5.32 Å². The molecule has 0 aromatic heterocycles. The molecule has 6 heteroatoms. The average Bonchev–Trinajstić information content (AvgIpc) is 2.23. The van der Waals surface area contributed by atoms with Gasteiger partial charge in [-0.1, -0.05) is 6.07 Å². The topological polar surface area (TPSA) is 70.4 Å². The van der Waals surface area contributed by atoms with Crippen molar-refractivity contribution in [1.29, 1.82) is 0 Å². The van der Waals surface area contributed by atoms with Gasteiger partial charge in [0.2, 0.25) is 0 Å². The molecule has 5 nitrogen and oxygen atoms in total. The minimum absolute atomic E-state index is 0.111. The molecule has 0 radical (unpaired) electrons. The zero-order valence-corrected chi connectivity index (χ0v) is 9.60. The Bertz CT molecular complexity index is 460. The van der Waals surface area contributed by atoms with E-state index in [0.717, 1.165) is 16.9 Å². The number of nitrogens with zero attached hydrogens (tertiary/aromatic N) is 1. The summed E-state index contributed by atoms with van der Waals surface area (Å²) in [5.41, 5.74) is 8.11. The van der Waals surface area contributed by atoms with Crippen LogP contribution in [0, 0.1) is 0 Å². The molecule has 0 spiro atoms. The predicted molar refractivity (Wildman–Crippen MR) is 67.5 cm³/mol. The highest BCUT2D eigenvalue weighted by molar-refractivity contribution is 7.80. The molecule has 1 aliphatic heterocycles. The number of nitrogens with one attached hydrogen (secondary N) is 2. The van der Waals surface area contributed by atoms with Gasteiger partial charge < -0.3 is 16.4 Å². The molecule has 0 unspecified atom stereocenters. The van der Waals surface area contributed by atoms with Crippen LogP contribution in [0.2, 0.25) is 0 Å². The van der Waals surface area contributed by atoms with Crippen LogP contribution in [0.5, 0.6) is 0 Å². The molecule has 1 heterocycles. The molecule has 0 aliphatic carbocycles. The highest BCUT2D eigenvalue weighted by atomic mass is 32.1. The van der Waals surface area contributed by atoms with Crippen LogP contribution in [0.3, 0.4) is 0 Å². The molecule has 16 heavy (non-hydrogen) atoms. The van der Waals surface area contributed by atoms with Crippen molar-refractivity contribution >= 4 is 34.7 Å². The first-order chi connectivity index (χ1) is 7.58. The van der Waals surface area contributed by atoms with E-state index in [1.807, 2.05) is 18.2 Å². The first-order valence-electron chi connectivity index (χ1n) is 4.79. The first kappa shape index (κ1) is 10.7. The van der Waals surface area contributed by atoms with Crippen LogP contribution in [0.4, 0.5) is 16.2 Å². The number of thiocarbonyl (C=S) groups is 1. The third-order valence-electron chi connectivity index (χ3n) is 2.45. The molecule has 0 atom stereocenters. The zero-order valence-electron chi connectivity index (χ0n) is 8.78. The van der Waals surface area contributed by atoms with Crippen LogP contribution in [0.1, 0.15) is 5.56 Å². The van der Waals surface area contributed by atoms with E-state index >= 15 is 0 Å². The zero-order chi connectivity index (χ0) is 11.7. The number of carbonyl (C=O) groups is 1. The van der Waals surface area contributed by atoms with Gasteiger partial charge in [-0.15, -0.1) is 0 Å². The number of carbonyl (C=O) groups excluding carboxylic acids is 1. The number of amides is 2. The fourth-order valence-electron chi connectivity index (χ4n) is 1.64. The Hall–Kier alpha value is -1.82. The molecule has 1 aromatic rings. The van der Waals surface area contributed by atoms with E-state index in [2.05, 4.69) is 10.6 Å². The molecule has 2 amide bonds. The van der Waals surface area contributed by atoms with Crippen molar-refractivity contribution in [3.05, 3.63) is 23.8 Å². The summed E-state index contributed by atoms with van der Waals surface area (Å²) in [6.07, 6.45) is 0. The quantitative estimate of drug-likeness (QED) is 0.636. The largest absolute Gasteiger partial charge is 0.376 e. The lowest BCUT2D eigenvalue weighted by atomic mass is 10.1. The number of nitrogens with two attached hydrogens (primary N) is 1. The van der Waals surface area contributed by atoms with E-state index in [1.54, 1.807) is 11.9 Å². The predicted octanol–water partition coefficient (Wildman–Crippen LogP) is 1.00.